The van der Waals surface area contributed by atoms with Crippen LogP contribution in [-0.4, -0.2) is 35.1 Å². The largest absolute Gasteiger partial charge is 0.396 e. The molecular weight excluding hydrogens is 460 g/mol. The van der Waals surface area contributed by atoms with Gasteiger partial charge < -0.3 is 10.1 Å². The molecule has 2 aromatic heterocycles. The van der Waals surface area contributed by atoms with E-state index in [9.17, 15) is 13.5 Å². The van der Waals surface area contributed by atoms with E-state index in [-0.39, 0.29) is 11.5 Å². The number of benzene rings is 3. The van der Waals surface area contributed by atoms with Crippen molar-refractivity contribution in [3.63, 3.8) is 0 Å². The molecule has 2 heterocycles. The number of rotatable bonds is 6. The van der Waals surface area contributed by atoms with E-state index < -0.39 is 10.0 Å². The van der Waals surface area contributed by atoms with Crippen LogP contribution in [0.1, 0.15) is 24.3 Å². The van der Waals surface area contributed by atoms with Crippen LogP contribution in [0.2, 0.25) is 0 Å². The Kier molecular flexibility index (Phi) is 5.27. The van der Waals surface area contributed by atoms with Crippen molar-refractivity contribution in [3.8, 4) is 0 Å². The second kappa shape index (κ2) is 8.48. The Balaban J connectivity index is 1.56. The number of aromatic amines is 1. The molecule has 0 bridgehead atoms. The van der Waals surface area contributed by atoms with Crippen LogP contribution in [0.15, 0.2) is 90.2 Å². The molecule has 0 radical (unpaired) electrons. The maximum Gasteiger partial charge on any atom is 0.269 e. The number of aliphatic hydroxyl groups excluding tert-OH is 1. The summed E-state index contributed by atoms with van der Waals surface area (Å²) < 4.78 is 29.4. The van der Waals surface area contributed by atoms with Gasteiger partial charge >= 0.3 is 0 Å². The Morgan fingerprint density at radius 1 is 0.971 bits per heavy atom. The second-order valence-electron chi connectivity index (χ2n) is 9.02. The lowest BCUT2D eigenvalue weighted by atomic mass is 9.72. The lowest BCUT2D eigenvalue weighted by molar-refractivity contribution is 0.142. The average molecular weight is 485 g/mol. The molecule has 1 fully saturated rings. The maximum absolute atomic E-state index is 14.0. The van der Waals surface area contributed by atoms with Crippen LogP contribution in [0.3, 0.4) is 0 Å². The summed E-state index contributed by atoms with van der Waals surface area (Å²) in [5.41, 5.74) is 3.20. The first kappa shape index (κ1) is 21.8. The van der Waals surface area contributed by atoms with Gasteiger partial charge in [-0.05, 0) is 78.8 Å². The molecule has 1 aliphatic carbocycles. The lowest BCUT2D eigenvalue weighted by Crippen LogP contribution is -2.27. The highest BCUT2D eigenvalue weighted by Gasteiger charge is 2.32. The first-order valence-corrected chi connectivity index (χ1v) is 13.0. The molecule has 0 atom stereocenters. The summed E-state index contributed by atoms with van der Waals surface area (Å²) in [6.45, 7) is 0.198. The van der Waals surface area contributed by atoms with E-state index in [0.29, 0.717) is 34.2 Å². The van der Waals surface area contributed by atoms with Gasteiger partial charge in [-0.25, -0.2) is 22.7 Å². The first-order chi connectivity index (χ1) is 17.0. The van der Waals surface area contributed by atoms with E-state index in [1.165, 1.54) is 10.6 Å². The SMILES string of the molecule is O=S(=O)(c1ccccc1)N(c1ccc2[nH]ccc2c1)c1ncnc2ccc(C3CC(CO)C3)cc12. The summed E-state index contributed by atoms with van der Waals surface area (Å²) in [6, 6.07) is 21.8. The summed E-state index contributed by atoms with van der Waals surface area (Å²) in [5, 5.41) is 11.0. The first-order valence-electron chi connectivity index (χ1n) is 11.6. The van der Waals surface area contributed by atoms with Gasteiger partial charge in [0.2, 0.25) is 0 Å². The molecule has 176 valence electrons. The van der Waals surface area contributed by atoms with Gasteiger partial charge in [-0.15, -0.1) is 0 Å². The predicted octanol–water partition coefficient (Wildman–Crippen LogP) is 5.12. The van der Waals surface area contributed by atoms with E-state index >= 15 is 0 Å². The van der Waals surface area contributed by atoms with Crippen molar-refractivity contribution in [1.82, 2.24) is 15.0 Å². The Morgan fingerprint density at radius 3 is 2.60 bits per heavy atom. The normalized spacial score (nSPS) is 18.0. The molecular formula is C27H24N4O3S. The average Bonchev–Trinajstić information content (AvgIpc) is 3.32. The summed E-state index contributed by atoms with van der Waals surface area (Å²) in [6.07, 6.45) is 5.07. The van der Waals surface area contributed by atoms with Crippen molar-refractivity contribution in [1.29, 1.82) is 0 Å². The molecule has 3 aromatic carbocycles. The lowest BCUT2D eigenvalue weighted by Gasteiger charge is -2.34. The van der Waals surface area contributed by atoms with Gasteiger partial charge in [0, 0.05) is 29.1 Å². The minimum atomic E-state index is -3.99. The highest BCUT2D eigenvalue weighted by Crippen LogP contribution is 2.43. The van der Waals surface area contributed by atoms with E-state index in [2.05, 4.69) is 15.0 Å². The zero-order valence-corrected chi connectivity index (χ0v) is 19.7. The second-order valence-corrected chi connectivity index (χ2v) is 10.8. The minimum absolute atomic E-state index is 0.182. The molecule has 0 spiro atoms. The van der Waals surface area contributed by atoms with Crippen LogP contribution in [-0.2, 0) is 10.0 Å². The zero-order valence-electron chi connectivity index (χ0n) is 18.9. The van der Waals surface area contributed by atoms with Crippen LogP contribution in [0.4, 0.5) is 11.5 Å². The van der Waals surface area contributed by atoms with Crippen LogP contribution in [0.5, 0.6) is 0 Å². The Hall–Kier alpha value is -3.75. The summed E-state index contributed by atoms with van der Waals surface area (Å²) in [7, 11) is -3.99. The molecule has 0 saturated heterocycles. The van der Waals surface area contributed by atoms with Gasteiger partial charge in [0.15, 0.2) is 5.82 Å². The van der Waals surface area contributed by atoms with Gasteiger partial charge in [-0.3, -0.25) is 0 Å². The Bertz CT molecular complexity index is 1630. The highest BCUT2D eigenvalue weighted by atomic mass is 32.2. The van der Waals surface area contributed by atoms with Gasteiger partial charge in [0.1, 0.15) is 6.33 Å². The Morgan fingerprint density at radius 2 is 1.80 bits per heavy atom. The molecule has 1 aliphatic rings. The van der Waals surface area contributed by atoms with Crippen molar-refractivity contribution in [2.75, 3.05) is 10.9 Å². The number of anilines is 2. The fourth-order valence-corrected chi connectivity index (χ4v) is 6.35. The minimum Gasteiger partial charge on any atom is -0.396 e. The number of hydrogen-bond acceptors (Lipinski definition) is 5. The molecule has 6 rings (SSSR count). The molecule has 5 aromatic rings. The number of H-pyrrole nitrogens is 1. The van der Waals surface area contributed by atoms with E-state index in [1.807, 2.05) is 42.6 Å². The highest BCUT2D eigenvalue weighted by molar-refractivity contribution is 7.93. The molecule has 2 N–H and O–H groups in total. The molecule has 7 nitrogen and oxygen atoms in total. The number of fused-ring (bicyclic) bond motifs is 2. The quantitative estimate of drug-likeness (QED) is 0.348. The zero-order chi connectivity index (χ0) is 24.0. The maximum atomic E-state index is 14.0. The fourth-order valence-electron chi connectivity index (χ4n) is 4.87. The predicted molar refractivity (Wildman–Crippen MR) is 136 cm³/mol. The molecule has 35 heavy (non-hydrogen) atoms. The standard InChI is InChI=1S/C27H24N4O3S/c32-16-18-12-21(13-18)19-6-8-26-24(15-19)27(30-17-29-26)31(35(33,34)23-4-2-1-3-5-23)22-7-9-25-20(14-22)10-11-28-25/h1-11,14-15,17-18,21,28,32H,12-13,16H2. The number of nitrogens with one attached hydrogen (secondary N) is 1. The number of sulfonamides is 1. The van der Waals surface area contributed by atoms with Gasteiger partial charge in [-0.2, -0.15) is 0 Å². The fraction of sp³-hybridized carbons (Fsp3) is 0.185. The van der Waals surface area contributed by atoms with Crippen molar-refractivity contribution >= 4 is 43.3 Å². The number of nitrogens with zero attached hydrogens (tertiary/aromatic N) is 3. The molecule has 1 saturated carbocycles. The van der Waals surface area contributed by atoms with Crippen molar-refractivity contribution in [2.45, 2.75) is 23.7 Å². The molecule has 8 heteroatoms. The molecule has 0 unspecified atom stereocenters. The summed E-state index contributed by atoms with van der Waals surface area (Å²) >= 11 is 0. The van der Waals surface area contributed by atoms with Crippen molar-refractivity contribution in [2.24, 2.45) is 5.92 Å². The number of hydrogen-bond donors (Lipinski definition) is 2. The van der Waals surface area contributed by atoms with Gasteiger partial charge in [0.05, 0.1) is 16.1 Å². The van der Waals surface area contributed by atoms with E-state index in [1.54, 1.807) is 36.4 Å². The van der Waals surface area contributed by atoms with Crippen molar-refractivity contribution < 1.29 is 13.5 Å². The van der Waals surface area contributed by atoms with E-state index in [4.69, 9.17) is 0 Å². The molecule has 0 amide bonds. The van der Waals surface area contributed by atoms with Gasteiger partial charge in [-0.1, -0.05) is 24.3 Å². The molecule has 0 aliphatic heterocycles. The van der Waals surface area contributed by atoms with Crippen LogP contribution >= 0.6 is 0 Å². The number of aromatic nitrogens is 3. The van der Waals surface area contributed by atoms with E-state index in [0.717, 1.165) is 29.3 Å². The third-order valence-corrected chi connectivity index (χ3v) is 8.58. The van der Waals surface area contributed by atoms with Crippen LogP contribution in [0.25, 0.3) is 21.8 Å². The smallest absolute Gasteiger partial charge is 0.269 e. The Labute approximate surface area is 203 Å². The van der Waals surface area contributed by atoms with Crippen molar-refractivity contribution in [3.05, 3.63) is 90.9 Å². The van der Waals surface area contributed by atoms with Crippen LogP contribution in [0, 0.1) is 5.92 Å². The third kappa shape index (κ3) is 3.75. The summed E-state index contributed by atoms with van der Waals surface area (Å²) in [5.74, 6) is 0.971. The number of aliphatic hydroxyl groups is 1. The van der Waals surface area contributed by atoms with Crippen LogP contribution < -0.4 is 4.31 Å². The monoisotopic (exact) mass is 484 g/mol. The topological polar surface area (TPSA) is 99.2 Å². The van der Waals surface area contributed by atoms with Gasteiger partial charge in [0.25, 0.3) is 10.0 Å². The third-order valence-electron chi connectivity index (χ3n) is 6.85. The summed E-state index contributed by atoms with van der Waals surface area (Å²) in [4.78, 5) is 12.3.